The molecule has 1 aliphatic heterocycles. The standard InChI is InChI=1S/C22H30N6O2/c1-15(2)17-12-25-28-20(24-11-16-6-4-3-5-7-16)10-19(27-21(17)28)26-18-13-23-9-8-22(18,30)14-29/h3-7,10,12,15,18,23-24,29-30H,8-9,11,13-14H2,1-2H3,(H,26,27)/t18-,22+/m1/s1. The van der Waals surface area contributed by atoms with Crippen LogP contribution in [0, 0.1) is 0 Å². The van der Waals surface area contributed by atoms with Crippen molar-refractivity contribution in [1.82, 2.24) is 19.9 Å². The number of anilines is 2. The van der Waals surface area contributed by atoms with Crippen LogP contribution in [0.4, 0.5) is 11.6 Å². The average molecular weight is 411 g/mol. The van der Waals surface area contributed by atoms with Gasteiger partial charge >= 0.3 is 0 Å². The summed E-state index contributed by atoms with van der Waals surface area (Å²) >= 11 is 0. The minimum absolute atomic E-state index is 0.276. The number of aromatic nitrogens is 3. The lowest BCUT2D eigenvalue weighted by molar-refractivity contribution is -0.0458. The summed E-state index contributed by atoms with van der Waals surface area (Å²) in [6.07, 6.45) is 2.34. The number of nitrogens with one attached hydrogen (secondary N) is 3. The van der Waals surface area contributed by atoms with Crippen LogP contribution < -0.4 is 16.0 Å². The van der Waals surface area contributed by atoms with Crippen LogP contribution in [0.2, 0.25) is 0 Å². The molecule has 8 heteroatoms. The fourth-order valence-corrected chi connectivity index (χ4v) is 3.84. The van der Waals surface area contributed by atoms with Gasteiger partial charge in [0.15, 0.2) is 5.65 Å². The van der Waals surface area contributed by atoms with Gasteiger partial charge in [0.2, 0.25) is 0 Å². The highest BCUT2D eigenvalue weighted by Gasteiger charge is 2.38. The lowest BCUT2D eigenvalue weighted by Gasteiger charge is -2.39. The summed E-state index contributed by atoms with van der Waals surface area (Å²) in [4.78, 5) is 4.79. The first kappa shape index (κ1) is 20.6. The van der Waals surface area contributed by atoms with Gasteiger partial charge in [-0.2, -0.15) is 9.61 Å². The largest absolute Gasteiger partial charge is 0.393 e. The Balaban J connectivity index is 1.67. The Morgan fingerprint density at radius 1 is 1.30 bits per heavy atom. The van der Waals surface area contributed by atoms with Crippen LogP contribution >= 0.6 is 0 Å². The van der Waals surface area contributed by atoms with Crippen LogP contribution in [0.5, 0.6) is 0 Å². The number of nitrogens with zero attached hydrogens (tertiary/aromatic N) is 3. The fraction of sp³-hybridized carbons (Fsp3) is 0.455. The summed E-state index contributed by atoms with van der Waals surface area (Å²) in [6.45, 7) is 5.81. The molecule has 5 N–H and O–H groups in total. The van der Waals surface area contributed by atoms with Gasteiger partial charge in [-0.1, -0.05) is 44.2 Å². The van der Waals surface area contributed by atoms with Crippen LogP contribution in [0.3, 0.4) is 0 Å². The van der Waals surface area contributed by atoms with E-state index >= 15 is 0 Å². The van der Waals surface area contributed by atoms with Crippen molar-refractivity contribution in [1.29, 1.82) is 0 Å². The van der Waals surface area contributed by atoms with Crippen LogP contribution in [0.1, 0.15) is 37.3 Å². The van der Waals surface area contributed by atoms with Gasteiger partial charge < -0.3 is 26.2 Å². The number of rotatable bonds is 7. The molecule has 8 nitrogen and oxygen atoms in total. The van der Waals surface area contributed by atoms with Gasteiger partial charge in [-0.25, -0.2) is 4.98 Å². The predicted octanol–water partition coefficient (Wildman–Crippen LogP) is 1.96. The molecular formula is C22H30N6O2. The Morgan fingerprint density at radius 3 is 2.83 bits per heavy atom. The highest BCUT2D eigenvalue weighted by Crippen LogP contribution is 2.27. The smallest absolute Gasteiger partial charge is 0.163 e. The maximum atomic E-state index is 10.8. The summed E-state index contributed by atoms with van der Waals surface area (Å²) in [6, 6.07) is 11.7. The third-order valence-corrected chi connectivity index (χ3v) is 5.77. The summed E-state index contributed by atoms with van der Waals surface area (Å²) < 4.78 is 1.82. The summed E-state index contributed by atoms with van der Waals surface area (Å²) in [7, 11) is 0. The number of hydrogen-bond donors (Lipinski definition) is 5. The van der Waals surface area contributed by atoms with Crippen LogP contribution in [-0.2, 0) is 6.54 Å². The molecule has 0 amide bonds. The van der Waals surface area contributed by atoms with Crippen molar-refractivity contribution in [2.45, 2.75) is 44.4 Å². The third kappa shape index (κ3) is 4.12. The van der Waals surface area contributed by atoms with Crippen LogP contribution in [0.25, 0.3) is 5.65 Å². The predicted molar refractivity (Wildman–Crippen MR) is 118 cm³/mol. The van der Waals surface area contributed by atoms with Crippen molar-refractivity contribution < 1.29 is 10.2 Å². The number of aliphatic hydroxyl groups excluding tert-OH is 1. The van der Waals surface area contributed by atoms with E-state index in [0.717, 1.165) is 17.0 Å². The third-order valence-electron chi connectivity index (χ3n) is 5.77. The van der Waals surface area contributed by atoms with E-state index in [1.165, 1.54) is 5.56 Å². The van der Waals surface area contributed by atoms with Gasteiger partial charge in [0.05, 0.1) is 18.8 Å². The Morgan fingerprint density at radius 2 is 2.10 bits per heavy atom. The SMILES string of the molecule is CC(C)c1cnn2c(NCc3ccccc3)cc(N[C@@H]3CNCC[C@]3(O)CO)nc12. The first-order chi connectivity index (χ1) is 14.5. The first-order valence-electron chi connectivity index (χ1n) is 10.5. The minimum atomic E-state index is -1.18. The quantitative estimate of drug-likeness (QED) is 0.405. The fourth-order valence-electron chi connectivity index (χ4n) is 3.84. The van der Waals surface area contributed by atoms with Crippen LogP contribution in [0.15, 0.2) is 42.6 Å². The van der Waals surface area contributed by atoms with Gasteiger partial charge in [0.1, 0.15) is 17.2 Å². The zero-order valence-corrected chi connectivity index (χ0v) is 17.5. The summed E-state index contributed by atoms with van der Waals surface area (Å²) in [5, 5.41) is 35.2. The Labute approximate surface area is 176 Å². The summed E-state index contributed by atoms with van der Waals surface area (Å²) in [5.41, 5.74) is 1.82. The number of piperidine rings is 1. The molecule has 3 heterocycles. The van der Waals surface area contributed by atoms with E-state index in [4.69, 9.17) is 4.98 Å². The minimum Gasteiger partial charge on any atom is -0.393 e. The maximum Gasteiger partial charge on any atom is 0.163 e. The molecule has 0 radical (unpaired) electrons. The molecule has 160 valence electrons. The van der Waals surface area contributed by atoms with E-state index in [9.17, 15) is 10.2 Å². The van der Waals surface area contributed by atoms with E-state index in [2.05, 4.69) is 47.0 Å². The van der Waals surface area contributed by atoms with Crippen molar-refractivity contribution in [2.75, 3.05) is 30.3 Å². The zero-order valence-electron chi connectivity index (χ0n) is 17.5. The molecule has 2 atom stereocenters. The lowest BCUT2D eigenvalue weighted by Crippen LogP contribution is -2.59. The van der Waals surface area contributed by atoms with Gasteiger partial charge in [-0.3, -0.25) is 0 Å². The molecule has 0 saturated carbocycles. The molecule has 1 aliphatic rings. The van der Waals surface area contributed by atoms with Crippen molar-refractivity contribution >= 4 is 17.3 Å². The van der Waals surface area contributed by atoms with E-state index in [-0.39, 0.29) is 18.6 Å². The van der Waals surface area contributed by atoms with E-state index in [1.54, 1.807) is 0 Å². The number of aliphatic hydroxyl groups is 2. The molecular weight excluding hydrogens is 380 g/mol. The maximum absolute atomic E-state index is 10.8. The molecule has 30 heavy (non-hydrogen) atoms. The van der Waals surface area contributed by atoms with Crippen LogP contribution in [-0.4, -0.2) is 56.2 Å². The molecule has 1 saturated heterocycles. The van der Waals surface area contributed by atoms with Gasteiger partial charge in [-0.15, -0.1) is 0 Å². The van der Waals surface area contributed by atoms with Gasteiger partial charge in [0.25, 0.3) is 0 Å². The van der Waals surface area contributed by atoms with Gasteiger partial charge in [0, 0.05) is 24.7 Å². The Kier molecular flexibility index (Phi) is 5.90. The second-order valence-corrected chi connectivity index (χ2v) is 8.27. The topological polar surface area (TPSA) is 107 Å². The van der Waals surface area contributed by atoms with Gasteiger partial charge in [-0.05, 0) is 24.4 Å². The number of benzene rings is 1. The molecule has 4 rings (SSSR count). The zero-order chi connectivity index (χ0) is 21.1. The molecule has 1 aromatic carbocycles. The van der Waals surface area contributed by atoms with E-state index in [1.807, 2.05) is 35.0 Å². The molecule has 1 fully saturated rings. The second kappa shape index (κ2) is 8.59. The molecule has 3 aromatic rings. The Hall–Kier alpha value is -2.68. The molecule has 0 bridgehead atoms. The molecule has 0 aliphatic carbocycles. The van der Waals surface area contributed by atoms with E-state index in [0.29, 0.717) is 31.9 Å². The van der Waals surface area contributed by atoms with E-state index < -0.39 is 5.60 Å². The highest BCUT2D eigenvalue weighted by molar-refractivity contribution is 5.61. The van der Waals surface area contributed by atoms with Crippen molar-refractivity contribution in [2.24, 2.45) is 0 Å². The second-order valence-electron chi connectivity index (χ2n) is 8.27. The first-order valence-corrected chi connectivity index (χ1v) is 10.5. The average Bonchev–Trinajstić information content (AvgIpc) is 3.19. The molecule has 2 aromatic heterocycles. The highest BCUT2D eigenvalue weighted by atomic mass is 16.3. The summed E-state index contributed by atoms with van der Waals surface area (Å²) in [5.74, 6) is 1.73. The van der Waals surface area contributed by atoms with Crippen molar-refractivity contribution in [3.8, 4) is 0 Å². The monoisotopic (exact) mass is 410 g/mol. The molecule has 0 unspecified atom stereocenters. The van der Waals surface area contributed by atoms with Crippen molar-refractivity contribution in [3.05, 3.63) is 53.7 Å². The number of fused-ring (bicyclic) bond motifs is 1. The van der Waals surface area contributed by atoms with Crippen molar-refractivity contribution in [3.63, 3.8) is 0 Å². The lowest BCUT2D eigenvalue weighted by atomic mass is 9.88. The molecule has 0 spiro atoms. The normalized spacial score (nSPS) is 21.8. The number of hydrogen-bond acceptors (Lipinski definition) is 7. The Bertz CT molecular complexity index is 990.